The first-order valence-electron chi connectivity index (χ1n) is 6.82. The third-order valence-corrected chi connectivity index (χ3v) is 4.12. The fourth-order valence-electron chi connectivity index (χ4n) is 2.33. The van der Waals surface area contributed by atoms with E-state index in [1.165, 1.54) is 0 Å². The molecule has 1 unspecified atom stereocenters. The molecule has 0 aromatic heterocycles. The molecule has 0 aliphatic carbocycles. The van der Waals surface area contributed by atoms with Crippen molar-refractivity contribution in [3.05, 3.63) is 64.1 Å². The summed E-state index contributed by atoms with van der Waals surface area (Å²) in [6.45, 7) is 3.87. The average molecular weight is 348 g/mol. The molecule has 0 amide bonds. The van der Waals surface area contributed by atoms with E-state index < -0.39 is 11.5 Å². The van der Waals surface area contributed by atoms with Crippen molar-refractivity contribution < 1.29 is 9.90 Å². The highest BCUT2D eigenvalue weighted by Crippen LogP contribution is 2.32. The molecule has 2 aromatic rings. The SMILES string of the molecule is CCC(Nc1ccc(C)cc1)(C(=O)O)c1cccc(Br)c1. The number of carboxylic acid groups (broad SMARTS) is 1. The number of nitrogens with one attached hydrogen (secondary N) is 1. The van der Waals surface area contributed by atoms with E-state index in [2.05, 4.69) is 21.2 Å². The van der Waals surface area contributed by atoms with Crippen molar-refractivity contribution in [2.75, 3.05) is 5.32 Å². The second-order valence-electron chi connectivity index (χ2n) is 5.07. The fourth-order valence-corrected chi connectivity index (χ4v) is 2.73. The third kappa shape index (κ3) is 3.27. The minimum atomic E-state index is -1.14. The summed E-state index contributed by atoms with van der Waals surface area (Å²) in [4.78, 5) is 12.0. The van der Waals surface area contributed by atoms with Gasteiger partial charge in [0, 0.05) is 10.2 Å². The van der Waals surface area contributed by atoms with Crippen molar-refractivity contribution in [1.82, 2.24) is 0 Å². The van der Waals surface area contributed by atoms with E-state index in [4.69, 9.17) is 0 Å². The van der Waals surface area contributed by atoms with Gasteiger partial charge in [0.1, 0.15) is 0 Å². The number of carboxylic acids is 1. The van der Waals surface area contributed by atoms with Gasteiger partial charge in [-0.3, -0.25) is 0 Å². The van der Waals surface area contributed by atoms with Gasteiger partial charge in [0.15, 0.2) is 5.54 Å². The molecule has 0 radical (unpaired) electrons. The molecule has 110 valence electrons. The Hall–Kier alpha value is -1.81. The van der Waals surface area contributed by atoms with Gasteiger partial charge in [-0.2, -0.15) is 0 Å². The summed E-state index contributed by atoms with van der Waals surface area (Å²) in [5, 5.41) is 13.0. The lowest BCUT2D eigenvalue weighted by molar-refractivity contribution is -0.142. The van der Waals surface area contributed by atoms with Crippen LogP contribution < -0.4 is 5.32 Å². The monoisotopic (exact) mass is 347 g/mol. The molecule has 21 heavy (non-hydrogen) atoms. The first-order chi connectivity index (χ1) is 9.98. The molecule has 4 heteroatoms. The van der Waals surface area contributed by atoms with E-state index in [0.717, 1.165) is 21.3 Å². The van der Waals surface area contributed by atoms with Gasteiger partial charge in [0.05, 0.1) is 0 Å². The number of carbonyl (C=O) groups is 1. The van der Waals surface area contributed by atoms with Crippen molar-refractivity contribution in [1.29, 1.82) is 0 Å². The van der Waals surface area contributed by atoms with Crippen LogP contribution in [0.25, 0.3) is 0 Å². The van der Waals surface area contributed by atoms with Gasteiger partial charge in [-0.15, -0.1) is 0 Å². The third-order valence-electron chi connectivity index (χ3n) is 3.62. The number of hydrogen-bond acceptors (Lipinski definition) is 2. The second-order valence-corrected chi connectivity index (χ2v) is 5.98. The number of halogens is 1. The van der Waals surface area contributed by atoms with Crippen molar-refractivity contribution in [3.8, 4) is 0 Å². The number of aliphatic carboxylic acids is 1. The summed E-state index contributed by atoms with van der Waals surface area (Å²) < 4.78 is 0.866. The minimum absolute atomic E-state index is 0.437. The van der Waals surface area contributed by atoms with E-state index >= 15 is 0 Å². The Morgan fingerprint density at radius 2 is 1.90 bits per heavy atom. The number of benzene rings is 2. The molecule has 2 aromatic carbocycles. The van der Waals surface area contributed by atoms with Crippen LogP contribution in [0.15, 0.2) is 53.0 Å². The van der Waals surface area contributed by atoms with E-state index in [1.54, 1.807) is 0 Å². The highest BCUT2D eigenvalue weighted by molar-refractivity contribution is 9.10. The topological polar surface area (TPSA) is 49.3 Å². The summed E-state index contributed by atoms with van der Waals surface area (Å²) in [6, 6.07) is 15.2. The van der Waals surface area contributed by atoms with Crippen LogP contribution in [-0.2, 0) is 10.3 Å². The van der Waals surface area contributed by atoms with Gasteiger partial charge in [-0.05, 0) is 43.2 Å². The molecule has 0 bridgehead atoms. The average Bonchev–Trinajstić information content (AvgIpc) is 2.46. The predicted octanol–water partition coefficient (Wildman–Crippen LogP) is 4.56. The Labute approximate surface area is 133 Å². The standard InChI is InChI=1S/C17H18BrNO2/c1-3-17(16(20)21,13-5-4-6-14(18)11-13)19-15-9-7-12(2)8-10-15/h4-11,19H,3H2,1-2H3,(H,20,21). The molecule has 0 saturated carbocycles. The lowest BCUT2D eigenvalue weighted by atomic mass is 9.87. The van der Waals surface area contributed by atoms with Crippen LogP contribution in [-0.4, -0.2) is 11.1 Å². The molecule has 0 aliphatic heterocycles. The molecule has 0 heterocycles. The van der Waals surface area contributed by atoms with Gasteiger partial charge in [-0.1, -0.05) is 52.7 Å². The normalized spacial score (nSPS) is 13.5. The maximum absolute atomic E-state index is 12.0. The lowest BCUT2D eigenvalue weighted by Gasteiger charge is -2.31. The number of anilines is 1. The summed E-state index contributed by atoms with van der Waals surface area (Å²) in [7, 11) is 0. The van der Waals surface area contributed by atoms with Crippen LogP contribution in [0.3, 0.4) is 0 Å². The number of aryl methyl sites for hydroxylation is 1. The van der Waals surface area contributed by atoms with E-state index in [0.29, 0.717) is 6.42 Å². The summed E-state index contributed by atoms with van der Waals surface area (Å²) >= 11 is 3.41. The maximum Gasteiger partial charge on any atom is 0.334 e. The van der Waals surface area contributed by atoms with Gasteiger partial charge < -0.3 is 10.4 Å². The Morgan fingerprint density at radius 3 is 2.43 bits per heavy atom. The zero-order chi connectivity index (χ0) is 15.5. The summed E-state index contributed by atoms with van der Waals surface area (Å²) in [5.41, 5.74) is 1.52. The van der Waals surface area contributed by atoms with Gasteiger partial charge >= 0.3 is 5.97 Å². The van der Waals surface area contributed by atoms with Gasteiger partial charge in [0.25, 0.3) is 0 Å². The quantitative estimate of drug-likeness (QED) is 0.833. The molecule has 2 rings (SSSR count). The van der Waals surface area contributed by atoms with Crippen molar-refractivity contribution in [2.45, 2.75) is 25.8 Å². The van der Waals surface area contributed by atoms with Crippen LogP contribution in [0.4, 0.5) is 5.69 Å². The van der Waals surface area contributed by atoms with Crippen LogP contribution in [0.5, 0.6) is 0 Å². The minimum Gasteiger partial charge on any atom is -0.479 e. The smallest absolute Gasteiger partial charge is 0.334 e. The van der Waals surface area contributed by atoms with Crippen LogP contribution >= 0.6 is 15.9 Å². The fraction of sp³-hybridized carbons (Fsp3) is 0.235. The highest BCUT2D eigenvalue weighted by Gasteiger charge is 2.38. The van der Waals surface area contributed by atoms with E-state index in [9.17, 15) is 9.90 Å². The van der Waals surface area contributed by atoms with Gasteiger partial charge in [-0.25, -0.2) is 4.79 Å². The van der Waals surface area contributed by atoms with Crippen molar-refractivity contribution >= 4 is 27.6 Å². The molecule has 0 spiro atoms. The largest absolute Gasteiger partial charge is 0.479 e. The van der Waals surface area contributed by atoms with Crippen LogP contribution in [0.1, 0.15) is 24.5 Å². The number of rotatable bonds is 5. The molecule has 1 atom stereocenters. The Kier molecular flexibility index (Phi) is 4.68. The second kappa shape index (κ2) is 6.31. The van der Waals surface area contributed by atoms with Crippen molar-refractivity contribution in [3.63, 3.8) is 0 Å². The molecule has 2 N–H and O–H groups in total. The first kappa shape index (κ1) is 15.6. The molecular formula is C17H18BrNO2. The summed E-state index contributed by atoms with van der Waals surface area (Å²) in [6.07, 6.45) is 0.437. The molecule has 0 saturated heterocycles. The first-order valence-corrected chi connectivity index (χ1v) is 7.61. The number of hydrogen-bond donors (Lipinski definition) is 2. The predicted molar refractivity (Wildman–Crippen MR) is 88.5 cm³/mol. The van der Waals surface area contributed by atoms with E-state index in [-0.39, 0.29) is 0 Å². The molecule has 3 nitrogen and oxygen atoms in total. The molecule has 0 fully saturated rings. The lowest BCUT2D eigenvalue weighted by Crippen LogP contribution is -2.43. The molecular weight excluding hydrogens is 330 g/mol. The Morgan fingerprint density at radius 1 is 1.24 bits per heavy atom. The Balaban J connectivity index is 2.46. The summed E-state index contributed by atoms with van der Waals surface area (Å²) in [5.74, 6) is -0.885. The zero-order valence-electron chi connectivity index (χ0n) is 12.1. The van der Waals surface area contributed by atoms with Crippen LogP contribution in [0.2, 0.25) is 0 Å². The zero-order valence-corrected chi connectivity index (χ0v) is 13.6. The molecule has 0 aliphatic rings. The highest BCUT2D eigenvalue weighted by atomic mass is 79.9. The van der Waals surface area contributed by atoms with Crippen molar-refractivity contribution in [2.24, 2.45) is 0 Å². The Bertz CT molecular complexity index is 639. The van der Waals surface area contributed by atoms with Crippen LogP contribution in [0, 0.1) is 6.92 Å². The van der Waals surface area contributed by atoms with Gasteiger partial charge in [0.2, 0.25) is 0 Å². The maximum atomic E-state index is 12.0. The van der Waals surface area contributed by atoms with E-state index in [1.807, 2.05) is 62.4 Å².